The monoisotopic (exact) mass is 325 g/mol. The molecule has 0 radical (unpaired) electrons. The smallest absolute Gasteiger partial charge is 0.221 e. The van der Waals surface area contributed by atoms with Crippen molar-refractivity contribution >= 4 is 42.1 Å². The Morgan fingerprint density at radius 3 is 2.84 bits per heavy atom. The lowest BCUT2D eigenvalue weighted by Gasteiger charge is -2.24. The number of hydrogen-bond acceptors (Lipinski definition) is 4. The minimum absolute atomic E-state index is 0. The molecule has 1 saturated heterocycles. The van der Waals surface area contributed by atoms with Gasteiger partial charge < -0.3 is 10.6 Å². The van der Waals surface area contributed by atoms with Gasteiger partial charge in [0.25, 0.3) is 0 Å². The molecule has 1 amide bonds. The third-order valence-electron chi connectivity index (χ3n) is 3.06. The zero-order valence-corrected chi connectivity index (χ0v) is 13.6. The molecule has 1 aromatic heterocycles. The fourth-order valence-electron chi connectivity index (χ4n) is 2.14. The zero-order chi connectivity index (χ0) is 12.3. The lowest BCUT2D eigenvalue weighted by Crippen LogP contribution is -2.41. The van der Waals surface area contributed by atoms with Crippen molar-refractivity contribution in [3.8, 4) is 0 Å². The van der Waals surface area contributed by atoms with Crippen LogP contribution >= 0.6 is 36.2 Å². The first-order valence-electron chi connectivity index (χ1n) is 5.99. The van der Waals surface area contributed by atoms with Gasteiger partial charge in [0, 0.05) is 18.0 Å². The number of halogens is 2. The molecule has 1 aromatic rings. The summed E-state index contributed by atoms with van der Waals surface area (Å²) < 4.78 is 0. The Bertz CT molecular complexity index is 378. The van der Waals surface area contributed by atoms with Crippen molar-refractivity contribution < 1.29 is 4.79 Å². The molecule has 1 atom stereocenters. The normalized spacial score (nSPS) is 18.3. The van der Waals surface area contributed by atoms with Gasteiger partial charge in [0.05, 0.1) is 5.54 Å². The highest BCUT2D eigenvalue weighted by atomic mass is 35.5. The van der Waals surface area contributed by atoms with Gasteiger partial charge in [-0.3, -0.25) is 4.79 Å². The summed E-state index contributed by atoms with van der Waals surface area (Å²) in [6.07, 6.45) is 3.49. The summed E-state index contributed by atoms with van der Waals surface area (Å²) >= 11 is 1.58. The average Bonchev–Trinajstić information content (AvgIpc) is 2.87. The molecule has 1 aliphatic rings. The van der Waals surface area contributed by atoms with E-state index >= 15 is 0 Å². The quantitative estimate of drug-likeness (QED) is 0.893. The second kappa shape index (κ2) is 8.04. The first-order chi connectivity index (χ1) is 8.08. The topological polar surface area (TPSA) is 54.0 Å². The molecule has 1 aliphatic heterocycles. The summed E-state index contributed by atoms with van der Waals surface area (Å²) in [5, 5.41) is 9.23. The van der Waals surface area contributed by atoms with Gasteiger partial charge in [-0.2, -0.15) is 0 Å². The molecule has 7 heteroatoms. The van der Waals surface area contributed by atoms with E-state index in [-0.39, 0.29) is 36.3 Å². The Morgan fingerprint density at radius 2 is 2.32 bits per heavy atom. The van der Waals surface area contributed by atoms with Gasteiger partial charge >= 0.3 is 0 Å². The fourth-order valence-corrected chi connectivity index (χ4v) is 2.85. The highest BCUT2D eigenvalue weighted by molar-refractivity contribution is 7.09. The first-order valence-corrected chi connectivity index (χ1v) is 6.87. The SMILES string of the molecule is CC(C)(NC(=O)CC1CCNC1)c1nccs1.Cl.Cl. The van der Waals surface area contributed by atoms with Crippen LogP contribution < -0.4 is 10.6 Å². The third kappa shape index (κ3) is 5.26. The highest BCUT2D eigenvalue weighted by Crippen LogP contribution is 2.22. The van der Waals surface area contributed by atoms with E-state index in [1.807, 2.05) is 19.2 Å². The van der Waals surface area contributed by atoms with Crippen LogP contribution in [0.5, 0.6) is 0 Å². The Labute approximate surface area is 130 Å². The van der Waals surface area contributed by atoms with E-state index in [1.165, 1.54) is 0 Å². The van der Waals surface area contributed by atoms with Gasteiger partial charge in [0.2, 0.25) is 5.91 Å². The number of hydrogen-bond donors (Lipinski definition) is 2. The van der Waals surface area contributed by atoms with Crippen molar-refractivity contribution in [2.75, 3.05) is 13.1 Å². The molecule has 2 rings (SSSR count). The summed E-state index contributed by atoms with van der Waals surface area (Å²) in [5.74, 6) is 0.612. The molecule has 0 spiro atoms. The van der Waals surface area contributed by atoms with Crippen molar-refractivity contribution in [3.05, 3.63) is 16.6 Å². The van der Waals surface area contributed by atoms with E-state index in [1.54, 1.807) is 17.5 Å². The van der Waals surface area contributed by atoms with Crippen molar-refractivity contribution in [2.24, 2.45) is 5.92 Å². The molecule has 0 aromatic carbocycles. The number of nitrogens with one attached hydrogen (secondary N) is 2. The second-order valence-corrected chi connectivity index (χ2v) is 5.97. The Morgan fingerprint density at radius 1 is 1.58 bits per heavy atom. The zero-order valence-electron chi connectivity index (χ0n) is 11.1. The maximum atomic E-state index is 11.9. The van der Waals surface area contributed by atoms with E-state index in [9.17, 15) is 4.79 Å². The van der Waals surface area contributed by atoms with Crippen molar-refractivity contribution in [1.82, 2.24) is 15.6 Å². The van der Waals surface area contributed by atoms with Gasteiger partial charge in [0.15, 0.2) is 0 Å². The molecule has 19 heavy (non-hydrogen) atoms. The predicted octanol–water partition coefficient (Wildman–Crippen LogP) is 2.34. The Kier molecular flexibility index (Phi) is 7.89. The maximum Gasteiger partial charge on any atom is 0.221 e. The minimum atomic E-state index is -0.364. The number of nitrogens with zero attached hydrogens (tertiary/aromatic N) is 1. The standard InChI is InChI=1S/C12H19N3OS.2ClH/c1-12(2,11-14-5-6-17-11)15-10(16)7-9-3-4-13-8-9;;/h5-6,9,13H,3-4,7-8H2,1-2H3,(H,15,16);2*1H. The van der Waals surface area contributed by atoms with Crippen molar-refractivity contribution in [1.29, 1.82) is 0 Å². The summed E-state index contributed by atoms with van der Waals surface area (Å²) in [7, 11) is 0. The molecule has 0 bridgehead atoms. The van der Waals surface area contributed by atoms with Crippen molar-refractivity contribution in [2.45, 2.75) is 32.2 Å². The van der Waals surface area contributed by atoms with Gasteiger partial charge in [0.1, 0.15) is 5.01 Å². The first kappa shape index (κ1) is 18.6. The van der Waals surface area contributed by atoms with Crippen LogP contribution in [-0.2, 0) is 10.3 Å². The van der Waals surface area contributed by atoms with Gasteiger partial charge in [-0.25, -0.2) is 4.98 Å². The fraction of sp³-hybridized carbons (Fsp3) is 0.667. The number of aromatic nitrogens is 1. The number of thiazole rings is 1. The molecular weight excluding hydrogens is 305 g/mol. The molecule has 110 valence electrons. The molecule has 2 heterocycles. The van der Waals surface area contributed by atoms with Crippen LogP contribution in [0.4, 0.5) is 0 Å². The Hall–Kier alpha value is -0.360. The summed E-state index contributed by atoms with van der Waals surface area (Å²) in [5.41, 5.74) is -0.364. The van der Waals surface area contributed by atoms with E-state index in [0.29, 0.717) is 12.3 Å². The molecule has 0 saturated carbocycles. The highest BCUT2D eigenvalue weighted by Gasteiger charge is 2.27. The minimum Gasteiger partial charge on any atom is -0.345 e. The molecule has 4 nitrogen and oxygen atoms in total. The lowest BCUT2D eigenvalue weighted by atomic mass is 10.0. The van der Waals surface area contributed by atoms with Gasteiger partial charge in [-0.05, 0) is 39.3 Å². The summed E-state index contributed by atoms with van der Waals surface area (Å²) in [6, 6.07) is 0. The molecule has 0 aliphatic carbocycles. The Balaban J connectivity index is 0.00000162. The van der Waals surface area contributed by atoms with Crippen LogP contribution in [0.15, 0.2) is 11.6 Å². The molecule has 1 unspecified atom stereocenters. The van der Waals surface area contributed by atoms with E-state index < -0.39 is 0 Å². The molecular formula is C12H21Cl2N3OS. The third-order valence-corrected chi connectivity index (χ3v) is 4.15. The van der Waals surface area contributed by atoms with Crippen LogP contribution in [0.25, 0.3) is 0 Å². The van der Waals surface area contributed by atoms with Crippen LogP contribution in [-0.4, -0.2) is 24.0 Å². The van der Waals surface area contributed by atoms with Crippen LogP contribution in [0.1, 0.15) is 31.7 Å². The van der Waals surface area contributed by atoms with Crippen LogP contribution in [0.3, 0.4) is 0 Å². The number of rotatable bonds is 4. The largest absolute Gasteiger partial charge is 0.345 e. The van der Waals surface area contributed by atoms with E-state index in [0.717, 1.165) is 24.5 Å². The molecule has 1 fully saturated rings. The summed E-state index contributed by atoms with van der Waals surface area (Å²) in [4.78, 5) is 16.2. The lowest BCUT2D eigenvalue weighted by molar-refractivity contribution is -0.123. The number of amides is 1. The maximum absolute atomic E-state index is 11.9. The van der Waals surface area contributed by atoms with Crippen LogP contribution in [0.2, 0.25) is 0 Å². The second-order valence-electron chi connectivity index (χ2n) is 5.07. The predicted molar refractivity (Wildman–Crippen MR) is 83.4 cm³/mol. The van der Waals surface area contributed by atoms with Crippen molar-refractivity contribution in [3.63, 3.8) is 0 Å². The molecule has 2 N–H and O–H groups in total. The van der Waals surface area contributed by atoms with E-state index in [2.05, 4.69) is 15.6 Å². The van der Waals surface area contributed by atoms with Crippen LogP contribution in [0, 0.1) is 5.92 Å². The number of carbonyl (C=O) groups is 1. The van der Waals surface area contributed by atoms with Gasteiger partial charge in [-0.15, -0.1) is 36.2 Å². The summed E-state index contributed by atoms with van der Waals surface area (Å²) in [6.45, 7) is 5.99. The van der Waals surface area contributed by atoms with Gasteiger partial charge in [-0.1, -0.05) is 0 Å². The average molecular weight is 326 g/mol. The van der Waals surface area contributed by atoms with E-state index in [4.69, 9.17) is 0 Å². The number of carbonyl (C=O) groups excluding carboxylic acids is 1.